The molecule has 0 fully saturated rings. The van der Waals surface area contributed by atoms with Crippen molar-refractivity contribution in [1.29, 1.82) is 0 Å². The number of benzene rings is 1. The number of nitro benzene ring substituents is 1. The van der Waals surface area contributed by atoms with Gasteiger partial charge in [0.25, 0.3) is 11.6 Å². The monoisotopic (exact) mass is 278 g/mol. The predicted molar refractivity (Wildman–Crippen MR) is 71.9 cm³/mol. The third-order valence-electron chi connectivity index (χ3n) is 2.43. The first kappa shape index (κ1) is 13.0. The van der Waals surface area contributed by atoms with Gasteiger partial charge in [-0.15, -0.1) is 0 Å². The van der Waals surface area contributed by atoms with Gasteiger partial charge in [-0.3, -0.25) is 14.9 Å². The van der Waals surface area contributed by atoms with Gasteiger partial charge in [0.2, 0.25) is 0 Å². The molecule has 0 unspecified atom stereocenters. The molecule has 98 valence electrons. The van der Waals surface area contributed by atoms with Crippen molar-refractivity contribution in [1.82, 2.24) is 0 Å². The van der Waals surface area contributed by atoms with E-state index in [4.69, 9.17) is 4.74 Å². The molecular formula is C12H10N2O4S. The Balaban J connectivity index is 2.30. The molecule has 2 aromatic rings. The molecule has 1 aromatic heterocycles. The molecule has 1 amide bonds. The first-order valence-electron chi connectivity index (χ1n) is 5.28. The van der Waals surface area contributed by atoms with E-state index < -0.39 is 4.92 Å². The first-order valence-corrected chi connectivity index (χ1v) is 6.22. The summed E-state index contributed by atoms with van der Waals surface area (Å²) in [6.45, 7) is 0. The van der Waals surface area contributed by atoms with Crippen molar-refractivity contribution in [2.24, 2.45) is 0 Å². The van der Waals surface area contributed by atoms with E-state index in [9.17, 15) is 14.9 Å². The number of hydrogen-bond donors (Lipinski definition) is 1. The number of nitrogens with zero attached hydrogens (tertiary/aromatic N) is 1. The number of hydrogen-bond acceptors (Lipinski definition) is 5. The molecule has 1 aromatic carbocycles. The summed E-state index contributed by atoms with van der Waals surface area (Å²) in [5.41, 5.74) is 0.660. The molecule has 1 N–H and O–H groups in total. The Morgan fingerprint density at radius 3 is 2.79 bits per heavy atom. The van der Waals surface area contributed by atoms with E-state index in [-0.39, 0.29) is 17.3 Å². The minimum absolute atomic E-state index is 0.110. The molecule has 0 aliphatic carbocycles. The van der Waals surface area contributed by atoms with Crippen LogP contribution < -0.4 is 10.1 Å². The average molecular weight is 278 g/mol. The van der Waals surface area contributed by atoms with Crippen LogP contribution in [-0.2, 0) is 0 Å². The van der Waals surface area contributed by atoms with Crippen molar-refractivity contribution >= 4 is 28.6 Å². The molecule has 0 spiro atoms. The van der Waals surface area contributed by atoms with Crippen molar-refractivity contribution in [2.75, 3.05) is 12.4 Å². The van der Waals surface area contributed by atoms with Gasteiger partial charge in [-0.2, -0.15) is 11.3 Å². The molecule has 0 atom stereocenters. The summed E-state index contributed by atoms with van der Waals surface area (Å²) in [5.74, 6) is 0.0363. The van der Waals surface area contributed by atoms with Crippen LogP contribution in [0.5, 0.6) is 5.75 Å². The van der Waals surface area contributed by atoms with Gasteiger partial charge in [0.15, 0.2) is 0 Å². The van der Waals surface area contributed by atoms with Crippen LogP contribution in [0.3, 0.4) is 0 Å². The Bertz CT molecular complexity index is 610. The molecular weight excluding hydrogens is 268 g/mol. The van der Waals surface area contributed by atoms with Gasteiger partial charge in [0.1, 0.15) is 5.75 Å². The maximum absolute atomic E-state index is 11.9. The summed E-state index contributed by atoms with van der Waals surface area (Å²) in [7, 11) is 1.43. The lowest BCUT2D eigenvalue weighted by Crippen LogP contribution is -2.11. The summed E-state index contributed by atoms with van der Waals surface area (Å²) in [4.78, 5) is 22.1. The Labute approximate surface area is 112 Å². The predicted octanol–water partition coefficient (Wildman–Crippen LogP) is 2.92. The van der Waals surface area contributed by atoms with Crippen LogP contribution in [0.1, 0.15) is 10.4 Å². The van der Waals surface area contributed by atoms with Crippen molar-refractivity contribution in [3.8, 4) is 5.75 Å². The quantitative estimate of drug-likeness (QED) is 0.688. The van der Waals surface area contributed by atoms with E-state index >= 15 is 0 Å². The summed E-state index contributed by atoms with van der Waals surface area (Å²) < 4.78 is 5.06. The highest BCUT2D eigenvalue weighted by Gasteiger charge is 2.14. The summed E-state index contributed by atoms with van der Waals surface area (Å²) in [5, 5.41) is 16.8. The van der Waals surface area contributed by atoms with Gasteiger partial charge in [-0.25, -0.2) is 0 Å². The molecule has 0 saturated carbocycles. The number of methoxy groups -OCH3 is 1. The molecule has 0 saturated heterocycles. The Kier molecular flexibility index (Phi) is 3.76. The minimum Gasteiger partial charge on any atom is -0.495 e. The topological polar surface area (TPSA) is 81.5 Å². The minimum atomic E-state index is -0.528. The van der Waals surface area contributed by atoms with Gasteiger partial charge in [-0.05, 0) is 17.5 Å². The van der Waals surface area contributed by atoms with E-state index in [0.717, 1.165) is 0 Å². The van der Waals surface area contributed by atoms with E-state index in [1.54, 1.807) is 16.8 Å². The number of anilines is 1. The summed E-state index contributed by atoms with van der Waals surface area (Å²) in [6.07, 6.45) is 0. The Morgan fingerprint density at radius 1 is 1.42 bits per heavy atom. The van der Waals surface area contributed by atoms with Crippen molar-refractivity contribution in [3.63, 3.8) is 0 Å². The number of carbonyl (C=O) groups excluding carboxylic acids is 1. The highest BCUT2D eigenvalue weighted by Crippen LogP contribution is 2.29. The zero-order valence-electron chi connectivity index (χ0n) is 9.95. The molecule has 0 aliphatic heterocycles. The lowest BCUT2D eigenvalue weighted by Gasteiger charge is -2.09. The second-order valence-corrected chi connectivity index (χ2v) is 4.39. The van der Waals surface area contributed by atoms with Crippen LogP contribution in [0.25, 0.3) is 0 Å². The van der Waals surface area contributed by atoms with Crippen LogP contribution in [0.4, 0.5) is 11.4 Å². The SMILES string of the molecule is COc1ccc([N+](=O)[O-])cc1NC(=O)c1ccsc1. The lowest BCUT2D eigenvalue weighted by atomic mass is 10.2. The maximum atomic E-state index is 11.9. The molecule has 2 rings (SSSR count). The van der Waals surface area contributed by atoms with Crippen LogP contribution in [-0.4, -0.2) is 17.9 Å². The van der Waals surface area contributed by atoms with Gasteiger partial charge in [-0.1, -0.05) is 0 Å². The fourth-order valence-corrected chi connectivity index (χ4v) is 2.13. The second kappa shape index (κ2) is 5.49. The number of rotatable bonds is 4. The first-order chi connectivity index (χ1) is 9.11. The second-order valence-electron chi connectivity index (χ2n) is 3.61. The molecule has 7 heteroatoms. The molecule has 19 heavy (non-hydrogen) atoms. The highest BCUT2D eigenvalue weighted by molar-refractivity contribution is 7.08. The third-order valence-corrected chi connectivity index (χ3v) is 3.11. The number of nitrogens with one attached hydrogen (secondary N) is 1. The van der Waals surface area contributed by atoms with Crippen LogP contribution >= 0.6 is 11.3 Å². The normalized spacial score (nSPS) is 9.95. The van der Waals surface area contributed by atoms with Crippen LogP contribution in [0.15, 0.2) is 35.0 Å². The van der Waals surface area contributed by atoms with Crippen molar-refractivity contribution in [2.45, 2.75) is 0 Å². The summed E-state index contributed by atoms with van der Waals surface area (Å²) in [6, 6.07) is 5.70. The smallest absolute Gasteiger partial charge is 0.271 e. The number of amides is 1. The van der Waals surface area contributed by atoms with E-state index in [1.807, 2.05) is 0 Å². The molecule has 0 aliphatic rings. The van der Waals surface area contributed by atoms with E-state index in [0.29, 0.717) is 11.3 Å². The number of carbonyl (C=O) groups is 1. The lowest BCUT2D eigenvalue weighted by molar-refractivity contribution is -0.384. The van der Waals surface area contributed by atoms with Crippen LogP contribution in [0.2, 0.25) is 0 Å². The number of ether oxygens (including phenoxy) is 1. The number of non-ortho nitro benzene ring substituents is 1. The average Bonchev–Trinajstić information content (AvgIpc) is 2.92. The zero-order valence-corrected chi connectivity index (χ0v) is 10.8. The standard InChI is InChI=1S/C12H10N2O4S/c1-18-11-3-2-9(14(16)17)6-10(11)13-12(15)8-4-5-19-7-8/h2-7H,1H3,(H,13,15). The van der Waals surface area contributed by atoms with E-state index in [2.05, 4.69) is 5.32 Å². The molecule has 1 heterocycles. The summed E-state index contributed by atoms with van der Waals surface area (Å²) >= 11 is 1.40. The molecule has 0 bridgehead atoms. The Hall–Kier alpha value is -2.41. The van der Waals surface area contributed by atoms with Crippen LogP contribution in [0, 0.1) is 10.1 Å². The van der Waals surface area contributed by atoms with Gasteiger partial charge >= 0.3 is 0 Å². The maximum Gasteiger partial charge on any atom is 0.271 e. The Morgan fingerprint density at radius 2 is 2.21 bits per heavy atom. The largest absolute Gasteiger partial charge is 0.495 e. The zero-order chi connectivity index (χ0) is 13.8. The fourth-order valence-electron chi connectivity index (χ4n) is 1.50. The molecule has 6 nitrogen and oxygen atoms in total. The van der Waals surface area contributed by atoms with E-state index in [1.165, 1.54) is 36.6 Å². The fraction of sp³-hybridized carbons (Fsp3) is 0.0833. The highest BCUT2D eigenvalue weighted by atomic mass is 32.1. The third kappa shape index (κ3) is 2.89. The van der Waals surface area contributed by atoms with Crippen molar-refractivity contribution < 1.29 is 14.5 Å². The van der Waals surface area contributed by atoms with Gasteiger partial charge in [0, 0.05) is 17.5 Å². The van der Waals surface area contributed by atoms with Gasteiger partial charge in [0.05, 0.1) is 23.3 Å². The molecule has 0 radical (unpaired) electrons. The number of nitro groups is 1. The van der Waals surface area contributed by atoms with Crippen molar-refractivity contribution in [3.05, 3.63) is 50.7 Å². The number of thiophene rings is 1. The van der Waals surface area contributed by atoms with Gasteiger partial charge < -0.3 is 10.1 Å².